The van der Waals surface area contributed by atoms with Crippen LogP contribution in [0.25, 0.3) is 0 Å². The van der Waals surface area contributed by atoms with Crippen molar-refractivity contribution in [2.75, 3.05) is 19.8 Å². The van der Waals surface area contributed by atoms with Crippen molar-refractivity contribution < 1.29 is 9.53 Å². The van der Waals surface area contributed by atoms with Crippen LogP contribution in [0.2, 0.25) is 0 Å². The van der Waals surface area contributed by atoms with Gasteiger partial charge in [-0.05, 0) is 18.1 Å². The number of nitrogens with zero attached hydrogens (tertiary/aromatic N) is 4. The zero-order valence-corrected chi connectivity index (χ0v) is 13.2. The fourth-order valence-corrected chi connectivity index (χ4v) is 2.67. The van der Waals surface area contributed by atoms with Gasteiger partial charge in [0, 0.05) is 13.1 Å². The highest BCUT2D eigenvalue weighted by atomic mass is 16.5. The van der Waals surface area contributed by atoms with Gasteiger partial charge in [0.25, 0.3) is 0 Å². The van der Waals surface area contributed by atoms with E-state index in [1.807, 2.05) is 36.1 Å². The number of carbonyl (C=O) groups excluding carboxylic acids is 1. The number of amides is 2. The maximum absolute atomic E-state index is 12.3. The Morgan fingerprint density at radius 2 is 2.22 bits per heavy atom. The molecule has 0 bridgehead atoms. The number of rotatable bonds is 4. The molecule has 1 aliphatic heterocycles. The predicted molar refractivity (Wildman–Crippen MR) is 84.8 cm³/mol. The van der Waals surface area contributed by atoms with E-state index in [1.165, 1.54) is 6.33 Å². The Morgan fingerprint density at radius 1 is 1.39 bits per heavy atom. The van der Waals surface area contributed by atoms with E-state index in [9.17, 15) is 4.79 Å². The van der Waals surface area contributed by atoms with Crippen molar-refractivity contribution in [3.63, 3.8) is 0 Å². The molecule has 2 amide bonds. The molecule has 7 heteroatoms. The standard InChI is InChI=1S/C16H21N5O2/c1-13-10-23-7-6-21(13)16(22)18-8-14-4-2-3-5-15(14)9-20-12-17-11-19-20/h2-5,11-13H,6-10H2,1H3,(H,18,22)/t13-/m1/s1. The number of benzene rings is 1. The van der Waals surface area contributed by atoms with Gasteiger partial charge in [0.1, 0.15) is 12.7 Å². The third kappa shape index (κ3) is 3.87. The minimum Gasteiger partial charge on any atom is -0.377 e. The molecular weight excluding hydrogens is 294 g/mol. The molecule has 1 N–H and O–H groups in total. The summed E-state index contributed by atoms with van der Waals surface area (Å²) in [7, 11) is 0. The number of ether oxygens (including phenoxy) is 1. The second-order valence-corrected chi connectivity index (χ2v) is 5.64. The molecule has 1 aromatic heterocycles. The topological polar surface area (TPSA) is 72.3 Å². The van der Waals surface area contributed by atoms with E-state index in [0.717, 1.165) is 11.1 Å². The van der Waals surface area contributed by atoms with Crippen LogP contribution in [0, 0.1) is 0 Å². The largest absolute Gasteiger partial charge is 0.377 e. The molecule has 122 valence electrons. The van der Waals surface area contributed by atoms with Crippen LogP contribution < -0.4 is 5.32 Å². The maximum atomic E-state index is 12.3. The lowest BCUT2D eigenvalue weighted by Crippen LogP contribution is -2.51. The van der Waals surface area contributed by atoms with Crippen LogP contribution in [0.3, 0.4) is 0 Å². The van der Waals surface area contributed by atoms with Crippen molar-refractivity contribution in [3.8, 4) is 0 Å². The zero-order valence-electron chi connectivity index (χ0n) is 13.2. The number of carbonyl (C=O) groups is 1. The first-order valence-corrected chi connectivity index (χ1v) is 7.75. The minimum atomic E-state index is -0.0450. The first kappa shape index (κ1) is 15.5. The molecule has 0 spiro atoms. The predicted octanol–water partition coefficient (Wildman–Crippen LogP) is 1.26. The maximum Gasteiger partial charge on any atom is 0.318 e. The van der Waals surface area contributed by atoms with Crippen LogP contribution in [-0.2, 0) is 17.8 Å². The highest BCUT2D eigenvalue weighted by molar-refractivity contribution is 5.74. The lowest BCUT2D eigenvalue weighted by atomic mass is 10.1. The third-order valence-electron chi connectivity index (χ3n) is 3.98. The van der Waals surface area contributed by atoms with Gasteiger partial charge in [-0.2, -0.15) is 5.10 Å². The zero-order chi connectivity index (χ0) is 16.1. The SMILES string of the molecule is C[C@@H]1COCCN1C(=O)NCc1ccccc1Cn1cncn1. The molecule has 2 aromatic rings. The van der Waals surface area contributed by atoms with Gasteiger partial charge in [-0.1, -0.05) is 24.3 Å². The Labute approximate surface area is 135 Å². The van der Waals surface area contributed by atoms with E-state index >= 15 is 0 Å². The molecule has 1 aliphatic rings. The van der Waals surface area contributed by atoms with Gasteiger partial charge >= 0.3 is 6.03 Å². The summed E-state index contributed by atoms with van der Waals surface area (Å²) in [6.07, 6.45) is 3.20. The summed E-state index contributed by atoms with van der Waals surface area (Å²) in [5, 5.41) is 7.13. The minimum absolute atomic E-state index is 0.0450. The van der Waals surface area contributed by atoms with Crippen LogP contribution in [0.4, 0.5) is 4.79 Å². The van der Waals surface area contributed by atoms with Gasteiger partial charge in [0.15, 0.2) is 0 Å². The molecule has 1 aromatic carbocycles. The van der Waals surface area contributed by atoms with Crippen LogP contribution in [-0.4, -0.2) is 51.5 Å². The number of urea groups is 1. The molecular formula is C16H21N5O2. The molecule has 1 atom stereocenters. The summed E-state index contributed by atoms with van der Waals surface area (Å²) in [4.78, 5) is 18.1. The molecule has 3 rings (SSSR count). The second-order valence-electron chi connectivity index (χ2n) is 5.64. The average molecular weight is 315 g/mol. The molecule has 1 fully saturated rings. The summed E-state index contributed by atoms with van der Waals surface area (Å²) in [6.45, 7) is 4.95. The van der Waals surface area contributed by atoms with Crippen LogP contribution in [0.1, 0.15) is 18.1 Å². The van der Waals surface area contributed by atoms with Crippen LogP contribution in [0.5, 0.6) is 0 Å². The Bertz CT molecular complexity index is 644. The van der Waals surface area contributed by atoms with Crippen LogP contribution in [0.15, 0.2) is 36.9 Å². The summed E-state index contributed by atoms with van der Waals surface area (Å²) in [6, 6.07) is 8.09. The molecule has 0 unspecified atom stereocenters. The van der Waals surface area contributed by atoms with E-state index in [1.54, 1.807) is 11.0 Å². The quantitative estimate of drug-likeness (QED) is 0.922. The summed E-state index contributed by atoms with van der Waals surface area (Å²) in [5.74, 6) is 0. The fourth-order valence-electron chi connectivity index (χ4n) is 2.67. The van der Waals surface area contributed by atoms with Gasteiger partial charge in [-0.25, -0.2) is 14.5 Å². The van der Waals surface area contributed by atoms with Crippen molar-refractivity contribution in [3.05, 3.63) is 48.0 Å². The van der Waals surface area contributed by atoms with Gasteiger partial charge in [0.2, 0.25) is 0 Å². The summed E-state index contributed by atoms with van der Waals surface area (Å²) < 4.78 is 7.13. The van der Waals surface area contributed by atoms with Gasteiger partial charge in [0.05, 0.1) is 25.8 Å². The Morgan fingerprint density at radius 3 is 2.96 bits per heavy atom. The van der Waals surface area contributed by atoms with Crippen molar-refractivity contribution >= 4 is 6.03 Å². The molecule has 7 nitrogen and oxygen atoms in total. The summed E-state index contributed by atoms with van der Waals surface area (Å²) >= 11 is 0. The fraction of sp³-hybridized carbons (Fsp3) is 0.438. The number of hydrogen-bond acceptors (Lipinski definition) is 4. The second kappa shape index (κ2) is 7.23. The van der Waals surface area contributed by atoms with E-state index < -0.39 is 0 Å². The third-order valence-corrected chi connectivity index (χ3v) is 3.98. The highest BCUT2D eigenvalue weighted by Crippen LogP contribution is 2.11. The number of aromatic nitrogens is 3. The normalized spacial score (nSPS) is 18.0. The Balaban J connectivity index is 1.62. The first-order valence-electron chi connectivity index (χ1n) is 7.75. The van der Waals surface area contributed by atoms with E-state index in [2.05, 4.69) is 15.4 Å². The number of morpholine rings is 1. The smallest absolute Gasteiger partial charge is 0.318 e. The lowest BCUT2D eigenvalue weighted by molar-refractivity contribution is 0.0189. The first-order chi connectivity index (χ1) is 11.2. The van der Waals surface area contributed by atoms with Crippen LogP contribution >= 0.6 is 0 Å². The molecule has 0 aliphatic carbocycles. The van der Waals surface area contributed by atoms with Gasteiger partial charge in [-0.15, -0.1) is 0 Å². The van der Waals surface area contributed by atoms with Crippen molar-refractivity contribution in [2.45, 2.75) is 26.1 Å². The number of hydrogen-bond donors (Lipinski definition) is 1. The number of nitrogens with one attached hydrogen (secondary N) is 1. The molecule has 0 saturated carbocycles. The molecule has 0 radical (unpaired) electrons. The Kier molecular flexibility index (Phi) is 4.87. The summed E-state index contributed by atoms with van der Waals surface area (Å²) in [5.41, 5.74) is 2.20. The van der Waals surface area contributed by atoms with Gasteiger partial charge in [-0.3, -0.25) is 0 Å². The van der Waals surface area contributed by atoms with Crippen molar-refractivity contribution in [1.82, 2.24) is 25.0 Å². The van der Waals surface area contributed by atoms with E-state index in [0.29, 0.717) is 32.8 Å². The van der Waals surface area contributed by atoms with Crippen molar-refractivity contribution in [2.24, 2.45) is 0 Å². The average Bonchev–Trinajstić information content (AvgIpc) is 3.07. The van der Waals surface area contributed by atoms with E-state index in [4.69, 9.17) is 4.74 Å². The lowest BCUT2D eigenvalue weighted by Gasteiger charge is -2.33. The highest BCUT2D eigenvalue weighted by Gasteiger charge is 2.23. The van der Waals surface area contributed by atoms with Crippen molar-refractivity contribution in [1.29, 1.82) is 0 Å². The monoisotopic (exact) mass is 315 g/mol. The molecule has 2 heterocycles. The molecule has 23 heavy (non-hydrogen) atoms. The van der Waals surface area contributed by atoms with E-state index in [-0.39, 0.29) is 12.1 Å². The van der Waals surface area contributed by atoms with Gasteiger partial charge < -0.3 is 15.0 Å². The molecule has 1 saturated heterocycles. The Hall–Kier alpha value is -2.41.